The van der Waals surface area contributed by atoms with E-state index in [-0.39, 0.29) is 18.3 Å². The fourth-order valence-electron chi connectivity index (χ4n) is 4.39. The maximum atomic E-state index is 11.8. The molecule has 3 rings (SSSR count). The Morgan fingerprint density at radius 2 is 2.15 bits per heavy atom. The SMILES string of the molecule is CC1=CC(CCl)C2(C)CC3(O)OC(=O)C(C)=C3C(O)C12. The lowest BCUT2D eigenvalue weighted by molar-refractivity contribution is -0.212. The minimum absolute atomic E-state index is 0.0500. The Balaban J connectivity index is 2.13. The van der Waals surface area contributed by atoms with Crippen molar-refractivity contribution in [3.05, 3.63) is 22.8 Å². The molecule has 5 atom stereocenters. The average Bonchev–Trinajstić information content (AvgIpc) is 2.70. The number of hydrogen-bond acceptors (Lipinski definition) is 4. The molecule has 3 aliphatic rings. The van der Waals surface area contributed by atoms with E-state index in [0.717, 1.165) is 5.57 Å². The monoisotopic (exact) mass is 298 g/mol. The van der Waals surface area contributed by atoms with Gasteiger partial charge in [0.25, 0.3) is 0 Å². The van der Waals surface area contributed by atoms with Crippen molar-refractivity contribution >= 4 is 17.6 Å². The highest BCUT2D eigenvalue weighted by molar-refractivity contribution is 6.18. The molecule has 0 saturated heterocycles. The first-order valence-corrected chi connectivity index (χ1v) is 7.37. The first-order chi connectivity index (χ1) is 9.24. The standard InChI is InChI=1S/C15H19ClO4/c1-7-4-9(5-16)14(3)6-15(19)11(12(17)10(7)14)8(2)13(18)20-15/h4,9-10,12,17,19H,5-6H2,1-3H3. The summed E-state index contributed by atoms with van der Waals surface area (Å²) in [5.74, 6) is -1.90. The first-order valence-electron chi connectivity index (χ1n) is 6.84. The van der Waals surface area contributed by atoms with Crippen LogP contribution in [0.5, 0.6) is 0 Å². The number of aliphatic hydroxyl groups excluding tert-OH is 1. The van der Waals surface area contributed by atoms with Gasteiger partial charge in [-0.2, -0.15) is 0 Å². The highest BCUT2D eigenvalue weighted by Crippen LogP contribution is 2.60. The van der Waals surface area contributed by atoms with Gasteiger partial charge < -0.3 is 14.9 Å². The summed E-state index contributed by atoms with van der Waals surface area (Å²) < 4.78 is 5.15. The molecule has 0 aromatic carbocycles. The number of allylic oxidation sites excluding steroid dienone is 1. The van der Waals surface area contributed by atoms with Gasteiger partial charge in [0.2, 0.25) is 5.79 Å². The molecule has 1 heterocycles. The third-order valence-electron chi connectivity index (χ3n) is 5.30. The van der Waals surface area contributed by atoms with Gasteiger partial charge in [0.1, 0.15) is 0 Å². The van der Waals surface area contributed by atoms with Crippen LogP contribution in [0.1, 0.15) is 27.2 Å². The summed E-state index contributed by atoms with van der Waals surface area (Å²) in [4.78, 5) is 11.8. The fourth-order valence-corrected chi connectivity index (χ4v) is 4.83. The van der Waals surface area contributed by atoms with Crippen LogP contribution in [0.4, 0.5) is 0 Å². The maximum Gasteiger partial charge on any atom is 0.336 e. The summed E-state index contributed by atoms with van der Waals surface area (Å²) in [6.45, 7) is 5.56. The highest BCUT2D eigenvalue weighted by atomic mass is 35.5. The van der Waals surface area contributed by atoms with Crippen LogP contribution in [-0.4, -0.2) is 34.0 Å². The summed E-state index contributed by atoms with van der Waals surface area (Å²) in [7, 11) is 0. The molecular weight excluding hydrogens is 280 g/mol. The van der Waals surface area contributed by atoms with Crippen LogP contribution in [0, 0.1) is 17.3 Å². The Kier molecular flexibility index (Phi) is 2.89. The van der Waals surface area contributed by atoms with Gasteiger partial charge in [0, 0.05) is 29.4 Å². The molecule has 1 aliphatic heterocycles. The smallest absolute Gasteiger partial charge is 0.336 e. The number of aliphatic hydroxyl groups is 2. The molecule has 1 fully saturated rings. The van der Waals surface area contributed by atoms with E-state index in [0.29, 0.717) is 17.0 Å². The molecule has 2 aliphatic carbocycles. The van der Waals surface area contributed by atoms with E-state index in [2.05, 4.69) is 6.08 Å². The Bertz CT molecular complexity index is 552. The van der Waals surface area contributed by atoms with E-state index in [1.807, 2.05) is 13.8 Å². The summed E-state index contributed by atoms with van der Waals surface area (Å²) in [5, 5.41) is 21.4. The summed E-state index contributed by atoms with van der Waals surface area (Å²) in [6.07, 6.45) is 1.43. The largest absolute Gasteiger partial charge is 0.426 e. The van der Waals surface area contributed by atoms with Gasteiger partial charge in [-0.3, -0.25) is 0 Å². The Hall–Kier alpha value is -0.840. The predicted molar refractivity (Wildman–Crippen MR) is 73.9 cm³/mol. The highest BCUT2D eigenvalue weighted by Gasteiger charge is 2.63. The van der Waals surface area contributed by atoms with Gasteiger partial charge in [0.15, 0.2) is 0 Å². The lowest BCUT2D eigenvalue weighted by atomic mass is 9.59. The number of ether oxygens (including phenoxy) is 1. The van der Waals surface area contributed by atoms with Crippen molar-refractivity contribution in [1.82, 2.24) is 0 Å². The molecule has 0 bridgehead atoms. The van der Waals surface area contributed by atoms with Gasteiger partial charge in [0.05, 0.1) is 6.10 Å². The number of hydrogen-bond donors (Lipinski definition) is 2. The van der Waals surface area contributed by atoms with Gasteiger partial charge in [-0.15, -0.1) is 11.6 Å². The number of carbonyl (C=O) groups excluding carboxylic acids is 1. The van der Waals surface area contributed by atoms with Crippen LogP contribution in [0.3, 0.4) is 0 Å². The lowest BCUT2D eigenvalue weighted by Gasteiger charge is -2.49. The van der Waals surface area contributed by atoms with Crippen LogP contribution in [0.2, 0.25) is 0 Å². The summed E-state index contributed by atoms with van der Waals surface area (Å²) in [5.41, 5.74) is 1.30. The van der Waals surface area contributed by atoms with Crippen LogP contribution in [-0.2, 0) is 9.53 Å². The van der Waals surface area contributed by atoms with Crippen molar-refractivity contribution in [2.75, 3.05) is 5.88 Å². The third-order valence-corrected chi connectivity index (χ3v) is 5.64. The molecule has 1 saturated carbocycles. The van der Waals surface area contributed by atoms with Gasteiger partial charge in [-0.1, -0.05) is 18.6 Å². The number of esters is 1. The zero-order chi connectivity index (χ0) is 14.9. The molecule has 4 nitrogen and oxygen atoms in total. The van der Waals surface area contributed by atoms with Gasteiger partial charge in [-0.25, -0.2) is 4.79 Å². The first kappa shape index (κ1) is 14.1. The molecule has 20 heavy (non-hydrogen) atoms. The van der Waals surface area contributed by atoms with E-state index in [1.165, 1.54) is 0 Å². The molecular formula is C15H19ClO4. The zero-order valence-corrected chi connectivity index (χ0v) is 12.6. The molecule has 0 radical (unpaired) electrons. The van der Waals surface area contributed by atoms with E-state index in [4.69, 9.17) is 16.3 Å². The van der Waals surface area contributed by atoms with Crippen molar-refractivity contribution in [1.29, 1.82) is 0 Å². The van der Waals surface area contributed by atoms with Crippen molar-refractivity contribution in [2.24, 2.45) is 17.3 Å². The zero-order valence-electron chi connectivity index (χ0n) is 11.8. The van der Waals surface area contributed by atoms with Crippen molar-refractivity contribution in [2.45, 2.75) is 39.1 Å². The molecule has 110 valence electrons. The molecule has 2 N–H and O–H groups in total. The van der Waals surface area contributed by atoms with Gasteiger partial charge in [-0.05, 0) is 25.2 Å². The molecule has 0 aromatic heterocycles. The second-order valence-corrected chi connectivity index (χ2v) is 6.80. The number of halogens is 1. The van der Waals surface area contributed by atoms with Gasteiger partial charge >= 0.3 is 5.97 Å². The minimum Gasteiger partial charge on any atom is -0.426 e. The number of carbonyl (C=O) groups is 1. The normalized spacial score (nSPS) is 47.0. The van der Waals surface area contributed by atoms with E-state index in [1.54, 1.807) is 6.92 Å². The molecule has 0 amide bonds. The summed E-state index contributed by atoms with van der Waals surface area (Å²) in [6, 6.07) is 0. The number of alkyl halides is 1. The lowest BCUT2D eigenvalue weighted by Crippen LogP contribution is -2.54. The summed E-state index contributed by atoms with van der Waals surface area (Å²) >= 11 is 6.05. The molecule has 0 aromatic rings. The Morgan fingerprint density at radius 3 is 2.75 bits per heavy atom. The Morgan fingerprint density at radius 1 is 1.50 bits per heavy atom. The van der Waals surface area contributed by atoms with Crippen LogP contribution in [0.15, 0.2) is 22.8 Å². The van der Waals surface area contributed by atoms with Crippen molar-refractivity contribution in [3.8, 4) is 0 Å². The second kappa shape index (κ2) is 4.09. The minimum atomic E-state index is -1.69. The average molecular weight is 299 g/mol. The third kappa shape index (κ3) is 1.53. The van der Waals surface area contributed by atoms with Crippen LogP contribution in [0.25, 0.3) is 0 Å². The van der Waals surface area contributed by atoms with E-state index >= 15 is 0 Å². The van der Waals surface area contributed by atoms with Crippen LogP contribution >= 0.6 is 11.6 Å². The second-order valence-electron chi connectivity index (χ2n) is 6.49. The number of rotatable bonds is 1. The van der Waals surface area contributed by atoms with Crippen molar-refractivity contribution < 1.29 is 19.7 Å². The number of fused-ring (bicyclic) bond motifs is 2. The quantitative estimate of drug-likeness (QED) is 0.440. The molecule has 5 unspecified atom stereocenters. The van der Waals surface area contributed by atoms with E-state index < -0.39 is 23.3 Å². The Labute approximate surface area is 123 Å². The predicted octanol–water partition coefficient (Wildman–Crippen LogP) is 1.75. The van der Waals surface area contributed by atoms with Crippen molar-refractivity contribution in [3.63, 3.8) is 0 Å². The topological polar surface area (TPSA) is 66.8 Å². The van der Waals surface area contributed by atoms with E-state index in [9.17, 15) is 15.0 Å². The molecule has 5 heteroatoms. The fraction of sp³-hybridized carbons (Fsp3) is 0.667. The molecule has 0 spiro atoms. The van der Waals surface area contributed by atoms with Crippen LogP contribution < -0.4 is 0 Å². The maximum absolute atomic E-state index is 11.8.